The normalized spacial score (nSPS) is 21.6. The fourth-order valence-corrected chi connectivity index (χ4v) is 4.08. The van der Waals surface area contributed by atoms with E-state index < -0.39 is 41.6 Å². The molecule has 0 aliphatic carbocycles. The number of amides is 3. The van der Waals surface area contributed by atoms with Crippen molar-refractivity contribution in [3.63, 3.8) is 0 Å². The highest BCUT2D eigenvalue weighted by Crippen LogP contribution is 2.46. The largest absolute Gasteiger partial charge is 0.497 e. The first-order chi connectivity index (χ1) is 13.9. The maximum atomic E-state index is 14.4. The Morgan fingerprint density at radius 2 is 2.03 bits per heavy atom. The maximum absolute atomic E-state index is 14.4. The lowest BCUT2D eigenvalue weighted by molar-refractivity contribution is -0.132. The quantitative estimate of drug-likeness (QED) is 0.695. The second kappa shape index (κ2) is 7.19. The van der Waals surface area contributed by atoms with Crippen LogP contribution in [0.15, 0.2) is 22.6 Å². The van der Waals surface area contributed by atoms with E-state index in [0.29, 0.717) is 11.1 Å². The number of ether oxygens (including phenoxy) is 1. The molecule has 3 rings (SSSR count). The van der Waals surface area contributed by atoms with E-state index in [9.17, 15) is 23.9 Å². The number of benzene rings is 1. The molecule has 3 amide bonds. The number of hydrogen-bond donors (Lipinski definition) is 3. The van der Waals surface area contributed by atoms with E-state index in [1.807, 2.05) is 0 Å². The molecule has 1 aliphatic heterocycles. The number of methoxy groups -OCH3 is 1. The Hall–Kier alpha value is -3.30. The summed E-state index contributed by atoms with van der Waals surface area (Å²) < 4.78 is 25.0. The van der Waals surface area contributed by atoms with Gasteiger partial charge in [-0.05, 0) is 23.6 Å². The van der Waals surface area contributed by atoms with Gasteiger partial charge in [0.1, 0.15) is 28.7 Å². The van der Waals surface area contributed by atoms with Crippen molar-refractivity contribution in [2.24, 2.45) is 11.1 Å². The van der Waals surface area contributed by atoms with Crippen LogP contribution in [-0.4, -0.2) is 53.3 Å². The Kier molecular flexibility index (Phi) is 5.13. The molecule has 2 aromatic rings. The Balaban J connectivity index is 2.15. The van der Waals surface area contributed by atoms with E-state index in [4.69, 9.17) is 14.9 Å². The molecule has 0 saturated carbocycles. The van der Waals surface area contributed by atoms with Crippen LogP contribution >= 0.6 is 0 Å². The number of halogens is 1. The number of anilines is 1. The van der Waals surface area contributed by atoms with Gasteiger partial charge in [-0.15, -0.1) is 0 Å². The summed E-state index contributed by atoms with van der Waals surface area (Å²) in [7, 11) is 1.45. The molecule has 2 heterocycles. The van der Waals surface area contributed by atoms with E-state index in [1.165, 1.54) is 7.11 Å². The van der Waals surface area contributed by atoms with Crippen molar-refractivity contribution >= 4 is 34.6 Å². The van der Waals surface area contributed by atoms with E-state index >= 15 is 0 Å². The number of carbonyl (C=O) groups is 3. The Morgan fingerprint density at radius 1 is 1.37 bits per heavy atom. The number of primary amides is 1. The number of hydrogen-bond acceptors (Lipinski definition) is 5. The summed E-state index contributed by atoms with van der Waals surface area (Å²) in [6.07, 6.45) is -3.24. The third kappa shape index (κ3) is 3.21. The molecule has 9 nitrogen and oxygen atoms in total. The van der Waals surface area contributed by atoms with Gasteiger partial charge in [-0.25, -0.2) is 9.18 Å². The van der Waals surface area contributed by atoms with E-state index in [-0.39, 0.29) is 23.5 Å². The van der Waals surface area contributed by atoms with Crippen LogP contribution < -0.4 is 15.8 Å². The average molecular weight is 421 g/mol. The number of carboxylic acid groups (broad SMARTS) is 1. The van der Waals surface area contributed by atoms with Crippen LogP contribution in [0, 0.1) is 5.41 Å². The van der Waals surface area contributed by atoms with Crippen LogP contribution in [0.2, 0.25) is 0 Å². The number of furan rings is 1. The number of carbonyl (C=O) groups excluding carboxylic acids is 2. The van der Waals surface area contributed by atoms with E-state index in [2.05, 4.69) is 5.32 Å². The number of nitrogens with one attached hydrogen (secondary N) is 1. The van der Waals surface area contributed by atoms with Crippen molar-refractivity contribution < 1.29 is 33.0 Å². The lowest BCUT2D eigenvalue weighted by Crippen LogP contribution is -2.62. The first-order valence-corrected chi connectivity index (χ1v) is 9.29. The third-order valence-electron chi connectivity index (χ3n) is 5.56. The molecule has 2 atom stereocenters. The zero-order valence-corrected chi connectivity index (χ0v) is 17.1. The summed E-state index contributed by atoms with van der Waals surface area (Å²) in [5, 5.41) is 12.6. The maximum Gasteiger partial charge on any atom is 0.408 e. The fourth-order valence-electron chi connectivity index (χ4n) is 4.08. The highest BCUT2D eigenvalue weighted by molar-refractivity contribution is 6.13. The van der Waals surface area contributed by atoms with Gasteiger partial charge in [0.05, 0.1) is 13.7 Å². The minimum Gasteiger partial charge on any atom is -0.497 e. The SMILES string of the molecule is COc1ccc2oc(C(N)=O)c(NC(=O)[C@@]3(C(C)(C)C)C[C@H](F)CN3C(=O)O)c2c1. The molecule has 1 aliphatic rings. The molecule has 30 heavy (non-hydrogen) atoms. The van der Waals surface area contributed by atoms with E-state index in [0.717, 1.165) is 4.90 Å². The number of nitrogens with zero attached hydrogens (tertiary/aromatic N) is 1. The predicted molar refractivity (Wildman–Crippen MR) is 106 cm³/mol. The third-order valence-corrected chi connectivity index (χ3v) is 5.56. The topological polar surface area (TPSA) is 135 Å². The number of nitrogens with two attached hydrogens (primary N) is 1. The molecule has 1 aromatic heterocycles. The summed E-state index contributed by atoms with van der Waals surface area (Å²) in [5.41, 5.74) is 3.00. The first-order valence-electron chi connectivity index (χ1n) is 9.29. The zero-order chi connectivity index (χ0) is 22.4. The molecule has 1 fully saturated rings. The van der Waals surface area contributed by atoms with Gasteiger partial charge < -0.3 is 25.3 Å². The molecule has 162 valence electrons. The zero-order valence-electron chi connectivity index (χ0n) is 17.1. The van der Waals surface area contributed by atoms with Crippen molar-refractivity contribution in [3.05, 3.63) is 24.0 Å². The van der Waals surface area contributed by atoms with Crippen LogP contribution in [0.25, 0.3) is 11.0 Å². The van der Waals surface area contributed by atoms with Crippen LogP contribution in [0.1, 0.15) is 37.7 Å². The predicted octanol–water partition coefficient (Wildman–Crippen LogP) is 2.99. The van der Waals surface area contributed by atoms with Crippen molar-refractivity contribution in [3.8, 4) is 5.75 Å². The first kappa shape index (κ1) is 21.4. The fraction of sp³-hybridized carbons (Fsp3) is 0.450. The van der Waals surface area contributed by atoms with Crippen molar-refractivity contribution in [1.82, 2.24) is 4.90 Å². The molecule has 1 saturated heterocycles. The average Bonchev–Trinajstić information content (AvgIpc) is 3.20. The lowest BCUT2D eigenvalue weighted by Gasteiger charge is -2.45. The van der Waals surface area contributed by atoms with Crippen molar-refractivity contribution in [1.29, 1.82) is 0 Å². The molecule has 0 unspecified atom stereocenters. The molecule has 1 aromatic carbocycles. The Morgan fingerprint density at radius 3 is 2.57 bits per heavy atom. The minimum atomic E-state index is -1.71. The number of alkyl halides is 1. The summed E-state index contributed by atoms with van der Waals surface area (Å²) in [4.78, 5) is 38.1. The van der Waals surface area contributed by atoms with Gasteiger partial charge in [0.15, 0.2) is 0 Å². The van der Waals surface area contributed by atoms with Crippen LogP contribution in [0.3, 0.4) is 0 Å². The molecular weight excluding hydrogens is 397 g/mol. The van der Waals surface area contributed by atoms with Gasteiger partial charge in [-0.1, -0.05) is 20.8 Å². The number of likely N-dealkylation sites (tertiary alicyclic amines) is 1. The summed E-state index contributed by atoms with van der Waals surface area (Å²) in [6.45, 7) is 4.55. The van der Waals surface area contributed by atoms with Gasteiger partial charge in [0.2, 0.25) is 5.76 Å². The minimum absolute atomic E-state index is 0.0160. The van der Waals surface area contributed by atoms with Crippen molar-refractivity contribution in [2.45, 2.75) is 38.9 Å². The second-order valence-corrected chi connectivity index (χ2v) is 8.29. The lowest BCUT2D eigenvalue weighted by atomic mass is 9.71. The standard InChI is InChI=1S/C20H24FN3O6/c1-19(2,3)20(8-10(21)9-24(20)18(27)28)17(26)23-14-12-7-11(29-4)5-6-13(12)30-15(14)16(22)25/h5-7,10H,8-9H2,1-4H3,(H2,22,25)(H,23,26)(H,27,28)/t10-,20+/m0/s1. The van der Waals surface area contributed by atoms with Gasteiger partial charge in [0, 0.05) is 11.8 Å². The molecule has 4 N–H and O–H groups in total. The van der Waals surface area contributed by atoms with Crippen molar-refractivity contribution in [2.75, 3.05) is 19.0 Å². The smallest absolute Gasteiger partial charge is 0.408 e. The molecular formula is C20H24FN3O6. The highest BCUT2D eigenvalue weighted by Gasteiger charge is 2.60. The molecule has 0 spiro atoms. The van der Waals surface area contributed by atoms with Gasteiger partial charge >= 0.3 is 6.09 Å². The molecule has 0 bridgehead atoms. The monoisotopic (exact) mass is 421 g/mol. The van der Waals surface area contributed by atoms with Crippen LogP contribution in [0.4, 0.5) is 14.9 Å². The van der Waals surface area contributed by atoms with E-state index in [1.54, 1.807) is 39.0 Å². The van der Waals surface area contributed by atoms with Gasteiger partial charge in [-0.2, -0.15) is 0 Å². The Bertz CT molecular complexity index is 1030. The Labute approximate surface area is 171 Å². The van der Waals surface area contributed by atoms with Crippen LogP contribution in [0.5, 0.6) is 5.75 Å². The van der Waals surface area contributed by atoms with Gasteiger partial charge in [0.25, 0.3) is 11.8 Å². The summed E-state index contributed by atoms with van der Waals surface area (Å²) >= 11 is 0. The molecule has 0 radical (unpaired) electrons. The highest BCUT2D eigenvalue weighted by atomic mass is 19.1. The van der Waals surface area contributed by atoms with Gasteiger partial charge in [-0.3, -0.25) is 14.5 Å². The number of fused-ring (bicyclic) bond motifs is 1. The second-order valence-electron chi connectivity index (χ2n) is 8.29. The summed E-state index contributed by atoms with van der Waals surface area (Å²) in [5.74, 6) is -1.55. The molecule has 10 heteroatoms. The van der Waals surface area contributed by atoms with Crippen LogP contribution in [-0.2, 0) is 4.79 Å². The number of rotatable bonds is 4. The summed E-state index contributed by atoms with van der Waals surface area (Å²) in [6, 6.07) is 4.70.